The number of carbonyl (C=O) groups excluding carboxylic acids is 1. The van der Waals surface area contributed by atoms with E-state index in [1.165, 1.54) is 0 Å². The number of amides is 2. The predicted molar refractivity (Wildman–Crippen MR) is 73.3 cm³/mol. The van der Waals surface area contributed by atoms with E-state index in [1.807, 2.05) is 26.0 Å². The third-order valence-corrected chi connectivity index (χ3v) is 2.87. The van der Waals surface area contributed by atoms with Crippen molar-refractivity contribution in [2.45, 2.75) is 25.8 Å². The fraction of sp³-hybridized carbons (Fsp3) is 0.385. The predicted octanol–water partition coefficient (Wildman–Crippen LogP) is 2.35. The zero-order valence-electron chi connectivity index (χ0n) is 10.9. The maximum absolute atomic E-state index is 11.6. The molecule has 6 heteroatoms. The second-order valence-electron chi connectivity index (χ2n) is 4.66. The SMILES string of the molecule is CC(C)(NC(=O)NCCC(=O)O)c1ccc(Cl)cc1. The summed E-state index contributed by atoms with van der Waals surface area (Å²) in [5, 5.41) is 14.4. The van der Waals surface area contributed by atoms with Crippen LogP contribution in [0, 0.1) is 0 Å². The lowest BCUT2D eigenvalue weighted by Crippen LogP contribution is -2.46. The molecule has 1 rings (SSSR count). The minimum absolute atomic E-state index is 0.0951. The van der Waals surface area contributed by atoms with E-state index in [9.17, 15) is 9.59 Å². The number of aliphatic carboxylic acids is 1. The Hall–Kier alpha value is -1.75. The van der Waals surface area contributed by atoms with Gasteiger partial charge in [0.2, 0.25) is 0 Å². The van der Waals surface area contributed by atoms with Crippen LogP contribution < -0.4 is 10.6 Å². The van der Waals surface area contributed by atoms with E-state index >= 15 is 0 Å². The molecule has 0 saturated carbocycles. The van der Waals surface area contributed by atoms with Crippen molar-refractivity contribution in [1.82, 2.24) is 10.6 Å². The molecule has 0 spiro atoms. The van der Waals surface area contributed by atoms with Gasteiger partial charge in [-0.1, -0.05) is 23.7 Å². The molecule has 0 fully saturated rings. The average molecular weight is 285 g/mol. The summed E-state index contributed by atoms with van der Waals surface area (Å²) in [6, 6.07) is 6.77. The Morgan fingerprint density at radius 2 is 1.84 bits per heavy atom. The first kappa shape index (κ1) is 15.3. The summed E-state index contributed by atoms with van der Waals surface area (Å²) in [6.45, 7) is 3.80. The fourth-order valence-electron chi connectivity index (χ4n) is 1.55. The van der Waals surface area contributed by atoms with Crippen LogP contribution in [0.5, 0.6) is 0 Å². The highest BCUT2D eigenvalue weighted by Crippen LogP contribution is 2.21. The van der Waals surface area contributed by atoms with Crippen LogP contribution in [0.3, 0.4) is 0 Å². The molecule has 0 aromatic heterocycles. The molecule has 5 nitrogen and oxygen atoms in total. The second kappa shape index (κ2) is 6.43. The third kappa shape index (κ3) is 5.18. The molecule has 0 heterocycles. The van der Waals surface area contributed by atoms with E-state index in [0.29, 0.717) is 5.02 Å². The van der Waals surface area contributed by atoms with E-state index in [1.54, 1.807) is 12.1 Å². The van der Waals surface area contributed by atoms with E-state index < -0.39 is 17.5 Å². The molecule has 0 aliphatic carbocycles. The molecule has 3 N–H and O–H groups in total. The van der Waals surface area contributed by atoms with Crippen LogP contribution >= 0.6 is 11.6 Å². The summed E-state index contributed by atoms with van der Waals surface area (Å²) in [7, 11) is 0. The number of urea groups is 1. The van der Waals surface area contributed by atoms with Gasteiger partial charge in [0.05, 0.1) is 12.0 Å². The topological polar surface area (TPSA) is 78.4 Å². The quantitative estimate of drug-likeness (QED) is 0.776. The van der Waals surface area contributed by atoms with Crippen LogP contribution in [0.1, 0.15) is 25.8 Å². The van der Waals surface area contributed by atoms with Crippen molar-refractivity contribution in [3.05, 3.63) is 34.9 Å². The monoisotopic (exact) mass is 284 g/mol. The Bertz CT molecular complexity index is 457. The van der Waals surface area contributed by atoms with Gasteiger partial charge in [0, 0.05) is 11.6 Å². The van der Waals surface area contributed by atoms with Gasteiger partial charge < -0.3 is 15.7 Å². The van der Waals surface area contributed by atoms with Crippen LogP contribution in [-0.4, -0.2) is 23.7 Å². The highest BCUT2D eigenvalue weighted by atomic mass is 35.5. The number of benzene rings is 1. The highest BCUT2D eigenvalue weighted by molar-refractivity contribution is 6.30. The van der Waals surface area contributed by atoms with Gasteiger partial charge in [-0.2, -0.15) is 0 Å². The minimum Gasteiger partial charge on any atom is -0.481 e. The molecule has 2 amide bonds. The van der Waals surface area contributed by atoms with Crippen LogP contribution in [0.2, 0.25) is 5.02 Å². The molecule has 1 aromatic carbocycles. The lowest BCUT2D eigenvalue weighted by atomic mass is 9.94. The lowest BCUT2D eigenvalue weighted by molar-refractivity contribution is -0.136. The minimum atomic E-state index is -0.947. The first-order valence-electron chi connectivity index (χ1n) is 5.85. The summed E-state index contributed by atoms with van der Waals surface area (Å²) in [5.41, 5.74) is 0.336. The number of rotatable bonds is 5. The molecular formula is C13H17ClN2O3. The van der Waals surface area contributed by atoms with Gasteiger partial charge in [0.15, 0.2) is 0 Å². The summed E-state index contributed by atoms with van der Waals surface area (Å²) < 4.78 is 0. The van der Waals surface area contributed by atoms with Crippen LogP contribution in [0.25, 0.3) is 0 Å². The number of halogens is 1. The number of hydrogen-bond acceptors (Lipinski definition) is 2. The van der Waals surface area contributed by atoms with Crippen LogP contribution in [0.15, 0.2) is 24.3 Å². The molecule has 104 valence electrons. The first-order chi connectivity index (χ1) is 8.81. The maximum atomic E-state index is 11.6. The van der Waals surface area contributed by atoms with E-state index in [0.717, 1.165) is 5.56 Å². The van der Waals surface area contributed by atoms with Crippen molar-refractivity contribution in [1.29, 1.82) is 0 Å². The molecule has 0 aliphatic heterocycles. The Kier molecular flexibility index (Phi) is 5.18. The second-order valence-corrected chi connectivity index (χ2v) is 5.09. The normalized spacial score (nSPS) is 10.9. The molecule has 0 aliphatic rings. The first-order valence-corrected chi connectivity index (χ1v) is 6.23. The molecular weight excluding hydrogens is 268 g/mol. The molecule has 0 radical (unpaired) electrons. The van der Waals surface area contributed by atoms with Gasteiger partial charge in [-0.05, 0) is 31.5 Å². The van der Waals surface area contributed by atoms with Crippen molar-refractivity contribution in [3.63, 3.8) is 0 Å². The van der Waals surface area contributed by atoms with Gasteiger partial charge in [0.1, 0.15) is 0 Å². The number of hydrogen-bond donors (Lipinski definition) is 3. The highest BCUT2D eigenvalue weighted by Gasteiger charge is 2.22. The van der Waals surface area contributed by atoms with Gasteiger partial charge >= 0.3 is 12.0 Å². The van der Waals surface area contributed by atoms with E-state index in [-0.39, 0.29) is 13.0 Å². The molecule has 0 saturated heterocycles. The van der Waals surface area contributed by atoms with Crippen LogP contribution in [-0.2, 0) is 10.3 Å². The molecule has 1 aromatic rings. The van der Waals surface area contributed by atoms with Crippen molar-refractivity contribution in [2.24, 2.45) is 0 Å². The van der Waals surface area contributed by atoms with Gasteiger partial charge in [-0.25, -0.2) is 4.79 Å². The van der Waals surface area contributed by atoms with Gasteiger partial charge in [-0.15, -0.1) is 0 Å². The number of nitrogens with one attached hydrogen (secondary N) is 2. The molecule has 0 unspecified atom stereocenters. The zero-order valence-corrected chi connectivity index (χ0v) is 11.6. The number of carbonyl (C=O) groups is 2. The molecule has 19 heavy (non-hydrogen) atoms. The van der Waals surface area contributed by atoms with Crippen molar-refractivity contribution in [2.75, 3.05) is 6.54 Å². The third-order valence-electron chi connectivity index (χ3n) is 2.62. The van der Waals surface area contributed by atoms with Gasteiger partial charge in [0.25, 0.3) is 0 Å². The van der Waals surface area contributed by atoms with Crippen molar-refractivity contribution >= 4 is 23.6 Å². The maximum Gasteiger partial charge on any atom is 0.315 e. The van der Waals surface area contributed by atoms with Crippen molar-refractivity contribution < 1.29 is 14.7 Å². The van der Waals surface area contributed by atoms with Crippen molar-refractivity contribution in [3.8, 4) is 0 Å². The standard InChI is InChI=1S/C13H17ClN2O3/c1-13(2,9-3-5-10(14)6-4-9)16-12(19)15-8-7-11(17)18/h3-6H,7-8H2,1-2H3,(H,17,18)(H2,15,16,19). The van der Waals surface area contributed by atoms with E-state index in [4.69, 9.17) is 16.7 Å². The Labute approximate surface area is 117 Å². The van der Waals surface area contributed by atoms with Crippen LogP contribution in [0.4, 0.5) is 4.79 Å². The zero-order chi connectivity index (χ0) is 14.5. The fourth-order valence-corrected chi connectivity index (χ4v) is 1.68. The molecule has 0 atom stereocenters. The smallest absolute Gasteiger partial charge is 0.315 e. The van der Waals surface area contributed by atoms with Gasteiger partial charge in [-0.3, -0.25) is 4.79 Å². The largest absolute Gasteiger partial charge is 0.481 e. The average Bonchev–Trinajstić information content (AvgIpc) is 2.28. The Morgan fingerprint density at radius 1 is 1.26 bits per heavy atom. The summed E-state index contributed by atoms with van der Waals surface area (Å²) in [4.78, 5) is 22.0. The Morgan fingerprint density at radius 3 is 2.37 bits per heavy atom. The van der Waals surface area contributed by atoms with E-state index in [2.05, 4.69) is 10.6 Å². The summed E-state index contributed by atoms with van der Waals surface area (Å²) in [6.07, 6.45) is -0.102. The number of carboxylic acid groups (broad SMARTS) is 1. The summed E-state index contributed by atoms with van der Waals surface area (Å²) in [5.74, 6) is -0.947. The Balaban J connectivity index is 2.56. The molecule has 0 bridgehead atoms. The number of carboxylic acids is 1. The lowest BCUT2D eigenvalue weighted by Gasteiger charge is -2.27. The summed E-state index contributed by atoms with van der Waals surface area (Å²) >= 11 is 5.81.